The second kappa shape index (κ2) is 45.1. The molecular formula is C66H132O2. The quantitative estimate of drug-likeness (QED) is 0.0449. The summed E-state index contributed by atoms with van der Waals surface area (Å²) in [7, 11) is 0. The van der Waals surface area contributed by atoms with Gasteiger partial charge in [0.15, 0.2) is 0 Å². The first kappa shape index (κ1) is 67.5. The lowest BCUT2D eigenvalue weighted by molar-refractivity contribution is -0.233. The maximum absolute atomic E-state index is 17.7. The number of hydrogen-bond acceptors (Lipinski definition) is 2. The molecule has 0 aliphatic carbocycles. The SMILES string of the molecule is CCCCCCC(CCC)OC(=O)C(C(CCC)CCCCCC)(C(CCC)CCCCCC)C(C(CCC)CCCCCC)(C(CCC)CCCCCC)C(CC)C(CCC)CCCCCC. The Morgan fingerprint density at radius 3 is 0.941 bits per heavy atom. The van der Waals surface area contributed by atoms with E-state index >= 15 is 4.79 Å². The first-order valence-electron chi connectivity index (χ1n) is 32.4. The molecule has 0 aliphatic heterocycles. The summed E-state index contributed by atoms with van der Waals surface area (Å²) in [5.74, 6) is 3.35. The van der Waals surface area contributed by atoms with Gasteiger partial charge in [0, 0.05) is 0 Å². The molecule has 0 radical (unpaired) electrons. The molecule has 408 valence electrons. The lowest BCUT2D eigenvalue weighted by Gasteiger charge is -2.67. The summed E-state index contributed by atoms with van der Waals surface area (Å²) in [6, 6.07) is 0. The molecule has 0 heterocycles. The molecule has 0 aliphatic rings. The minimum Gasteiger partial charge on any atom is -0.462 e. The average molecular weight is 958 g/mol. The molecule has 0 aromatic carbocycles. The highest BCUT2D eigenvalue weighted by molar-refractivity contribution is 5.80. The van der Waals surface area contributed by atoms with Crippen LogP contribution in [0.2, 0.25) is 0 Å². The topological polar surface area (TPSA) is 26.3 Å². The Kier molecular flexibility index (Phi) is 44.8. The average Bonchev–Trinajstić information content (AvgIpc) is 3.33. The van der Waals surface area contributed by atoms with Gasteiger partial charge < -0.3 is 4.74 Å². The van der Waals surface area contributed by atoms with Crippen molar-refractivity contribution in [3.8, 4) is 0 Å². The van der Waals surface area contributed by atoms with Gasteiger partial charge in [0.25, 0.3) is 0 Å². The zero-order valence-electron chi connectivity index (χ0n) is 49.8. The molecule has 0 aromatic heterocycles. The molecule has 0 N–H and O–H groups in total. The molecule has 2 nitrogen and oxygen atoms in total. The normalized spacial score (nSPS) is 17.0. The third-order valence-electron chi connectivity index (χ3n) is 17.8. The Balaban J connectivity index is 9.86. The van der Waals surface area contributed by atoms with E-state index in [1.807, 2.05) is 0 Å². The molecule has 0 amide bonds. The van der Waals surface area contributed by atoms with Crippen LogP contribution in [0.15, 0.2) is 0 Å². The number of unbranched alkanes of at least 4 members (excludes halogenated alkanes) is 18. The van der Waals surface area contributed by atoms with Crippen molar-refractivity contribution in [3.05, 3.63) is 0 Å². The van der Waals surface area contributed by atoms with Crippen LogP contribution < -0.4 is 0 Å². The Morgan fingerprint density at radius 1 is 0.309 bits per heavy atom. The molecule has 0 saturated heterocycles. The van der Waals surface area contributed by atoms with Crippen molar-refractivity contribution in [1.29, 1.82) is 0 Å². The van der Waals surface area contributed by atoms with Crippen LogP contribution >= 0.6 is 0 Å². The van der Waals surface area contributed by atoms with Gasteiger partial charge in [-0.05, 0) is 98.7 Å². The van der Waals surface area contributed by atoms with Crippen LogP contribution in [0.5, 0.6) is 0 Å². The lowest BCUT2D eigenvalue weighted by Crippen LogP contribution is -2.67. The number of carbonyl (C=O) groups is 1. The maximum atomic E-state index is 17.7. The third-order valence-corrected chi connectivity index (χ3v) is 17.8. The summed E-state index contributed by atoms with van der Waals surface area (Å²) in [4.78, 5) is 17.7. The highest BCUT2D eigenvalue weighted by Gasteiger charge is 2.70. The van der Waals surface area contributed by atoms with E-state index in [0.717, 1.165) is 19.3 Å². The molecule has 0 aromatic rings. The number of hydrogen-bond donors (Lipinski definition) is 0. The van der Waals surface area contributed by atoms with Crippen LogP contribution in [-0.2, 0) is 9.53 Å². The van der Waals surface area contributed by atoms with Gasteiger partial charge in [0.05, 0.1) is 5.41 Å². The standard InChI is InChI=1S/C66H132O2/c1-14-27-33-39-51-57(45-20-7)63(26-13)65(58(46-21-8)52-40-34-28-15-2,59(47-22-9)53-41-35-29-16-3)66(60(48-23-10)54-42-36-30-17-4,61(49-24-11)55-43-37-31-18-5)64(67)68-62(50-25-12)56-44-38-32-19-6/h57-63H,14-56H2,1-13H3. The molecular weight excluding hydrogens is 825 g/mol. The van der Waals surface area contributed by atoms with Crippen molar-refractivity contribution in [2.75, 3.05) is 0 Å². The van der Waals surface area contributed by atoms with Crippen molar-refractivity contribution in [2.45, 2.75) is 372 Å². The second-order valence-electron chi connectivity index (χ2n) is 23.2. The Bertz CT molecular complexity index is 1020. The summed E-state index contributed by atoms with van der Waals surface area (Å²) in [6.45, 7) is 31.9. The van der Waals surface area contributed by atoms with Gasteiger partial charge in [-0.2, -0.15) is 0 Å². The molecule has 0 bridgehead atoms. The third kappa shape index (κ3) is 23.1. The van der Waals surface area contributed by atoms with Crippen LogP contribution in [-0.4, -0.2) is 12.1 Å². The minimum absolute atomic E-state index is 0.0371. The van der Waals surface area contributed by atoms with Crippen molar-refractivity contribution in [1.82, 2.24) is 0 Å². The van der Waals surface area contributed by atoms with E-state index in [9.17, 15) is 0 Å². The highest BCUT2D eigenvalue weighted by Crippen LogP contribution is 2.71. The number of carbonyl (C=O) groups excluding carboxylic acids is 1. The van der Waals surface area contributed by atoms with Gasteiger partial charge in [-0.1, -0.05) is 308 Å². The molecule has 7 atom stereocenters. The van der Waals surface area contributed by atoms with Crippen molar-refractivity contribution in [3.63, 3.8) is 0 Å². The number of rotatable bonds is 52. The van der Waals surface area contributed by atoms with Gasteiger partial charge >= 0.3 is 5.97 Å². The Morgan fingerprint density at radius 2 is 0.618 bits per heavy atom. The zero-order valence-corrected chi connectivity index (χ0v) is 49.8. The van der Waals surface area contributed by atoms with Gasteiger partial charge in [0.1, 0.15) is 6.10 Å². The zero-order chi connectivity index (χ0) is 50.7. The van der Waals surface area contributed by atoms with E-state index in [1.165, 1.54) is 257 Å². The fourth-order valence-corrected chi connectivity index (χ4v) is 15.0. The summed E-state index contributed by atoms with van der Waals surface area (Å²) in [5.41, 5.74) is -0.611. The lowest BCUT2D eigenvalue weighted by atomic mass is 9.36. The summed E-state index contributed by atoms with van der Waals surface area (Å²) < 4.78 is 7.80. The maximum Gasteiger partial charge on any atom is 0.313 e. The Labute approximate surface area is 432 Å². The highest BCUT2D eigenvalue weighted by atomic mass is 16.5. The molecule has 0 spiro atoms. The van der Waals surface area contributed by atoms with Crippen molar-refractivity contribution < 1.29 is 9.53 Å². The smallest absolute Gasteiger partial charge is 0.313 e. The van der Waals surface area contributed by atoms with E-state index in [2.05, 4.69) is 90.0 Å². The van der Waals surface area contributed by atoms with Crippen LogP contribution in [0, 0.1) is 46.3 Å². The van der Waals surface area contributed by atoms with Gasteiger partial charge in [-0.25, -0.2) is 0 Å². The number of esters is 1. The molecule has 0 fully saturated rings. The fraction of sp³-hybridized carbons (Fsp3) is 0.985. The Hall–Kier alpha value is -0.530. The monoisotopic (exact) mass is 957 g/mol. The fourth-order valence-electron chi connectivity index (χ4n) is 15.0. The largest absolute Gasteiger partial charge is 0.462 e. The predicted molar refractivity (Wildman–Crippen MR) is 308 cm³/mol. The molecule has 0 saturated carbocycles. The van der Waals surface area contributed by atoms with Crippen LogP contribution in [0.1, 0.15) is 366 Å². The summed E-state index contributed by atoms with van der Waals surface area (Å²) >= 11 is 0. The van der Waals surface area contributed by atoms with E-state index in [-0.39, 0.29) is 11.5 Å². The van der Waals surface area contributed by atoms with E-state index in [0.29, 0.717) is 41.5 Å². The van der Waals surface area contributed by atoms with Crippen LogP contribution in [0.3, 0.4) is 0 Å². The summed E-state index contributed by atoms with van der Waals surface area (Å²) in [6.07, 6.45) is 54.3. The van der Waals surface area contributed by atoms with Crippen LogP contribution in [0.4, 0.5) is 0 Å². The molecule has 68 heavy (non-hydrogen) atoms. The molecule has 2 heteroatoms. The van der Waals surface area contributed by atoms with E-state index < -0.39 is 5.41 Å². The second-order valence-corrected chi connectivity index (χ2v) is 23.2. The first-order chi connectivity index (χ1) is 33.2. The van der Waals surface area contributed by atoms with Gasteiger partial charge in [-0.15, -0.1) is 0 Å². The number of ether oxygens (including phenoxy) is 1. The first-order valence-corrected chi connectivity index (χ1v) is 32.4. The van der Waals surface area contributed by atoms with Crippen molar-refractivity contribution in [2.24, 2.45) is 46.3 Å². The molecule has 0 rings (SSSR count). The van der Waals surface area contributed by atoms with E-state index in [1.54, 1.807) is 0 Å². The minimum atomic E-state index is -0.502. The van der Waals surface area contributed by atoms with Gasteiger partial charge in [0.2, 0.25) is 0 Å². The summed E-state index contributed by atoms with van der Waals surface area (Å²) in [5, 5.41) is 0. The molecule has 7 unspecified atom stereocenters. The van der Waals surface area contributed by atoms with Gasteiger partial charge in [-0.3, -0.25) is 4.79 Å². The van der Waals surface area contributed by atoms with Crippen LogP contribution in [0.25, 0.3) is 0 Å². The van der Waals surface area contributed by atoms with Crippen molar-refractivity contribution >= 4 is 5.97 Å². The predicted octanol–water partition coefficient (Wildman–Crippen LogP) is 23.6. The van der Waals surface area contributed by atoms with E-state index in [4.69, 9.17) is 4.74 Å².